The molecule has 0 radical (unpaired) electrons. The van der Waals surface area contributed by atoms with Crippen LogP contribution in [0.5, 0.6) is 0 Å². The van der Waals surface area contributed by atoms with Crippen molar-refractivity contribution in [3.8, 4) is 56.3 Å². The van der Waals surface area contributed by atoms with Crippen molar-refractivity contribution in [1.29, 1.82) is 0 Å². The summed E-state index contributed by atoms with van der Waals surface area (Å²) in [6.07, 6.45) is 0. The largest absolute Gasteiger partial charge is 0.435 e. The molecule has 7 aromatic carbocycles. The summed E-state index contributed by atoms with van der Waals surface area (Å²) >= 11 is 0. The fourth-order valence-electron chi connectivity index (χ4n) is 8.02. The van der Waals surface area contributed by atoms with Crippen LogP contribution in [0.3, 0.4) is 0 Å². The van der Waals surface area contributed by atoms with Crippen LogP contribution in [0, 0.1) is 0 Å². The molecule has 1 aromatic heterocycles. The Hall–Kier alpha value is -6.19. The Morgan fingerprint density at radius 2 is 1.14 bits per heavy atom. The molecule has 2 aliphatic rings. The molecular weight excluding hydrogens is 597 g/mol. The first-order valence-corrected chi connectivity index (χ1v) is 16.9. The van der Waals surface area contributed by atoms with Gasteiger partial charge in [0.25, 0.3) is 0 Å². The lowest BCUT2D eigenvalue weighted by Crippen LogP contribution is -2.16. The van der Waals surface area contributed by atoms with Gasteiger partial charge in [-0.15, -0.1) is 0 Å². The molecule has 10 rings (SSSR count). The summed E-state index contributed by atoms with van der Waals surface area (Å²) < 4.78 is 6.49. The molecule has 0 amide bonds. The fourth-order valence-corrected chi connectivity index (χ4v) is 8.02. The van der Waals surface area contributed by atoms with Crippen molar-refractivity contribution in [2.24, 2.45) is 0 Å². The zero-order valence-corrected chi connectivity index (χ0v) is 27.3. The van der Waals surface area contributed by atoms with Gasteiger partial charge in [-0.3, -0.25) is 0 Å². The van der Waals surface area contributed by atoms with Gasteiger partial charge in [-0.1, -0.05) is 123 Å². The maximum absolute atomic E-state index is 6.49. The molecule has 3 nitrogen and oxygen atoms in total. The van der Waals surface area contributed by atoms with Crippen LogP contribution < -0.4 is 4.90 Å². The first-order chi connectivity index (χ1) is 24.0. The SMILES string of the molecule is CC1(C)c2ccccc2-c2ccc(N(c3ccc(-c4ccccc4)cc3)c3cc4c5c(cccc5c3)-c3oc(-c5ccccc5)nc3-4)cc21. The standard InChI is InChI=1S/C46H32N2O/c1-46(2)40-19-10-9-17-36(40)37-25-24-34(28-41(37)46)48(33-22-20-30(21-23-33)29-12-5-3-6-13-29)35-26-32-16-11-18-38-42(32)39(27-35)43-44(38)49-45(47-43)31-14-7-4-8-15-31/h3-28H,1-2H3. The third-order valence-electron chi connectivity index (χ3n) is 10.4. The molecular formula is C46H32N2O. The molecule has 3 heteroatoms. The molecule has 0 atom stereocenters. The van der Waals surface area contributed by atoms with Crippen molar-refractivity contribution >= 4 is 27.8 Å². The van der Waals surface area contributed by atoms with Gasteiger partial charge < -0.3 is 9.32 Å². The summed E-state index contributed by atoms with van der Waals surface area (Å²) in [5, 5.41) is 2.36. The lowest BCUT2D eigenvalue weighted by Gasteiger charge is -2.29. The van der Waals surface area contributed by atoms with Gasteiger partial charge in [0.15, 0.2) is 5.76 Å². The van der Waals surface area contributed by atoms with E-state index in [1.165, 1.54) is 44.2 Å². The van der Waals surface area contributed by atoms with E-state index >= 15 is 0 Å². The van der Waals surface area contributed by atoms with E-state index in [4.69, 9.17) is 9.40 Å². The predicted molar refractivity (Wildman–Crippen MR) is 202 cm³/mol. The topological polar surface area (TPSA) is 29.3 Å². The van der Waals surface area contributed by atoms with E-state index in [2.05, 4.69) is 146 Å². The Morgan fingerprint density at radius 1 is 0.490 bits per heavy atom. The Kier molecular flexibility index (Phi) is 5.92. The van der Waals surface area contributed by atoms with E-state index < -0.39 is 0 Å². The highest BCUT2D eigenvalue weighted by Crippen LogP contribution is 2.53. The summed E-state index contributed by atoms with van der Waals surface area (Å²) in [5.41, 5.74) is 15.0. The minimum atomic E-state index is -0.111. The van der Waals surface area contributed by atoms with Gasteiger partial charge in [0.2, 0.25) is 5.89 Å². The van der Waals surface area contributed by atoms with Crippen molar-refractivity contribution in [1.82, 2.24) is 4.98 Å². The number of hydrogen-bond donors (Lipinski definition) is 0. The highest BCUT2D eigenvalue weighted by Gasteiger charge is 2.36. The van der Waals surface area contributed by atoms with Crippen LogP contribution >= 0.6 is 0 Å². The van der Waals surface area contributed by atoms with Crippen LogP contribution in [-0.2, 0) is 5.41 Å². The van der Waals surface area contributed by atoms with Crippen LogP contribution in [0.4, 0.5) is 17.1 Å². The van der Waals surface area contributed by atoms with Crippen molar-refractivity contribution in [2.75, 3.05) is 4.90 Å². The fraction of sp³-hybridized carbons (Fsp3) is 0.0652. The Morgan fingerprint density at radius 3 is 1.94 bits per heavy atom. The quantitative estimate of drug-likeness (QED) is 0.190. The number of aromatic nitrogens is 1. The van der Waals surface area contributed by atoms with Crippen LogP contribution in [0.15, 0.2) is 162 Å². The lowest BCUT2D eigenvalue weighted by molar-refractivity contribution is 0.590. The van der Waals surface area contributed by atoms with Gasteiger partial charge in [-0.05, 0) is 87.3 Å². The zero-order chi connectivity index (χ0) is 32.7. The highest BCUT2D eigenvalue weighted by atomic mass is 16.4. The molecule has 0 unspecified atom stereocenters. The molecule has 0 spiro atoms. The predicted octanol–water partition coefficient (Wildman–Crippen LogP) is 12.6. The van der Waals surface area contributed by atoms with E-state index in [0.717, 1.165) is 45.2 Å². The van der Waals surface area contributed by atoms with Crippen molar-refractivity contribution in [2.45, 2.75) is 19.3 Å². The van der Waals surface area contributed by atoms with Gasteiger partial charge in [-0.2, -0.15) is 0 Å². The molecule has 0 N–H and O–H groups in total. The summed E-state index contributed by atoms with van der Waals surface area (Å²) in [4.78, 5) is 7.49. The Bertz CT molecular complexity index is 2560. The van der Waals surface area contributed by atoms with E-state index in [0.29, 0.717) is 5.89 Å². The molecule has 2 aliphatic carbocycles. The lowest BCUT2D eigenvalue weighted by atomic mass is 9.82. The second-order valence-corrected chi connectivity index (χ2v) is 13.6. The summed E-state index contributed by atoms with van der Waals surface area (Å²) in [6.45, 7) is 4.68. The molecule has 232 valence electrons. The first kappa shape index (κ1) is 27.9. The van der Waals surface area contributed by atoms with Gasteiger partial charge in [0.05, 0.1) is 0 Å². The molecule has 0 aliphatic heterocycles. The first-order valence-electron chi connectivity index (χ1n) is 16.9. The van der Waals surface area contributed by atoms with Gasteiger partial charge in [0.1, 0.15) is 5.69 Å². The Balaban J connectivity index is 1.17. The minimum absolute atomic E-state index is 0.111. The van der Waals surface area contributed by atoms with E-state index in [9.17, 15) is 0 Å². The normalized spacial score (nSPS) is 13.3. The zero-order valence-electron chi connectivity index (χ0n) is 27.3. The number of oxazole rings is 1. The minimum Gasteiger partial charge on any atom is -0.435 e. The number of benzene rings is 7. The third kappa shape index (κ3) is 4.19. The van der Waals surface area contributed by atoms with E-state index in [1.807, 2.05) is 30.3 Å². The summed E-state index contributed by atoms with van der Waals surface area (Å²) in [6, 6.07) is 56.6. The van der Waals surface area contributed by atoms with Crippen molar-refractivity contribution < 1.29 is 4.42 Å². The number of hydrogen-bond acceptors (Lipinski definition) is 3. The van der Waals surface area contributed by atoms with Crippen LogP contribution in [-0.4, -0.2) is 4.98 Å². The molecule has 0 saturated heterocycles. The maximum atomic E-state index is 6.49. The number of anilines is 3. The third-order valence-corrected chi connectivity index (χ3v) is 10.4. The molecule has 0 fully saturated rings. The number of fused-ring (bicyclic) bond motifs is 6. The van der Waals surface area contributed by atoms with Crippen molar-refractivity contribution in [3.63, 3.8) is 0 Å². The molecule has 8 aromatic rings. The van der Waals surface area contributed by atoms with E-state index in [1.54, 1.807) is 0 Å². The molecule has 0 saturated carbocycles. The van der Waals surface area contributed by atoms with E-state index in [-0.39, 0.29) is 5.41 Å². The van der Waals surface area contributed by atoms with Crippen LogP contribution in [0.1, 0.15) is 25.0 Å². The average Bonchev–Trinajstić information content (AvgIpc) is 3.79. The maximum Gasteiger partial charge on any atom is 0.227 e. The molecule has 0 bridgehead atoms. The average molecular weight is 629 g/mol. The number of rotatable bonds is 5. The molecule has 49 heavy (non-hydrogen) atoms. The second kappa shape index (κ2) is 10.4. The second-order valence-electron chi connectivity index (χ2n) is 13.6. The van der Waals surface area contributed by atoms with Gasteiger partial charge in [0, 0.05) is 44.6 Å². The smallest absolute Gasteiger partial charge is 0.227 e. The summed E-state index contributed by atoms with van der Waals surface area (Å²) in [7, 11) is 0. The summed E-state index contributed by atoms with van der Waals surface area (Å²) in [5.74, 6) is 1.49. The van der Waals surface area contributed by atoms with Crippen LogP contribution in [0.2, 0.25) is 0 Å². The van der Waals surface area contributed by atoms with Gasteiger partial charge >= 0.3 is 0 Å². The monoisotopic (exact) mass is 628 g/mol. The number of nitrogens with zero attached hydrogens (tertiary/aromatic N) is 2. The van der Waals surface area contributed by atoms with Crippen molar-refractivity contribution in [3.05, 3.63) is 169 Å². The molecule has 1 heterocycles. The Labute approximate surface area is 285 Å². The highest BCUT2D eigenvalue weighted by molar-refractivity contribution is 6.15. The van der Waals surface area contributed by atoms with Crippen LogP contribution in [0.25, 0.3) is 67.1 Å². The van der Waals surface area contributed by atoms with Gasteiger partial charge in [-0.25, -0.2) is 4.98 Å².